The van der Waals surface area contributed by atoms with Gasteiger partial charge in [0.25, 0.3) is 5.91 Å². The van der Waals surface area contributed by atoms with Crippen molar-refractivity contribution in [2.75, 3.05) is 13.2 Å². The summed E-state index contributed by atoms with van der Waals surface area (Å²) < 4.78 is 10.9. The van der Waals surface area contributed by atoms with Crippen molar-refractivity contribution in [3.63, 3.8) is 0 Å². The number of benzene rings is 1. The normalized spacial score (nSPS) is 20.7. The molecule has 6 nitrogen and oxygen atoms in total. The fraction of sp³-hybridized carbons (Fsp3) is 0.294. The van der Waals surface area contributed by atoms with Crippen LogP contribution >= 0.6 is 0 Å². The molecule has 1 N–H and O–H groups in total. The molecule has 3 amide bonds. The van der Waals surface area contributed by atoms with Gasteiger partial charge in [-0.2, -0.15) is 0 Å². The number of amides is 3. The second-order valence-corrected chi connectivity index (χ2v) is 5.65. The van der Waals surface area contributed by atoms with Crippen molar-refractivity contribution < 1.29 is 18.7 Å². The molecular formula is C17H18N2O4. The maximum Gasteiger partial charge on any atom is 0.325 e. The number of nitrogens with one attached hydrogen (secondary N) is 1. The van der Waals surface area contributed by atoms with E-state index < -0.39 is 11.6 Å². The van der Waals surface area contributed by atoms with E-state index in [2.05, 4.69) is 5.32 Å². The maximum atomic E-state index is 12.6. The van der Waals surface area contributed by atoms with Crippen molar-refractivity contribution in [3.05, 3.63) is 54.0 Å². The van der Waals surface area contributed by atoms with Crippen molar-refractivity contribution in [1.29, 1.82) is 0 Å². The molecule has 1 aliphatic heterocycles. The van der Waals surface area contributed by atoms with Crippen molar-refractivity contribution in [1.82, 2.24) is 10.2 Å². The largest absolute Gasteiger partial charge is 0.492 e. The molecule has 2 heterocycles. The average Bonchev–Trinajstić information content (AvgIpc) is 3.11. The Labute approximate surface area is 134 Å². The monoisotopic (exact) mass is 314 g/mol. The highest BCUT2D eigenvalue weighted by molar-refractivity contribution is 6.06. The van der Waals surface area contributed by atoms with Crippen LogP contribution in [0.4, 0.5) is 4.79 Å². The highest BCUT2D eigenvalue weighted by atomic mass is 16.5. The van der Waals surface area contributed by atoms with Crippen LogP contribution in [0.1, 0.15) is 18.2 Å². The number of hydrogen-bond donors (Lipinski definition) is 1. The quantitative estimate of drug-likeness (QED) is 0.860. The summed E-state index contributed by atoms with van der Waals surface area (Å²) in [7, 11) is 0. The van der Waals surface area contributed by atoms with Gasteiger partial charge in [0.05, 0.1) is 12.8 Å². The van der Waals surface area contributed by atoms with Crippen molar-refractivity contribution in [2.45, 2.75) is 19.4 Å². The molecule has 0 saturated carbocycles. The molecule has 6 heteroatoms. The Morgan fingerprint density at radius 1 is 1.26 bits per heavy atom. The number of rotatable bonds is 5. The summed E-state index contributed by atoms with van der Waals surface area (Å²) in [6, 6.07) is 10.5. The van der Waals surface area contributed by atoms with Crippen LogP contribution in [0.2, 0.25) is 0 Å². The van der Waals surface area contributed by atoms with Gasteiger partial charge in [0, 0.05) is 0 Å². The van der Waals surface area contributed by atoms with Gasteiger partial charge < -0.3 is 14.5 Å². The standard InChI is InChI=1S/C17H18N2O4/c1-12-5-3-6-13(11-12)22-10-8-19-15(20)17(2,18-16(19)21)14-7-4-9-23-14/h3-7,9,11H,8,10H2,1-2H3,(H,18,21)/t17-/m1/s1. The first-order valence-electron chi connectivity index (χ1n) is 7.38. The summed E-state index contributed by atoms with van der Waals surface area (Å²) in [5, 5.41) is 2.68. The number of hydrogen-bond acceptors (Lipinski definition) is 4. The number of urea groups is 1. The van der Waals surface area contributed by atoms with Gasteiger partial charge in [-0.05, 0) is 43.7 Å². The number of imide groups is 1. The van der Waals surface area contributed by atoms with Gasteiger partial charge in [0.2, 0.25) is 0 Å². The van der Waals surface area contributed by atoms with Crippen LogP contribution in [0.3, 0.4) is 0 Å². The van der Waals surface area contributed by atoms with Gasteiger partial charge in [-0.1, -0.05) is 12.1 Å². The summed E-state index contributed by atoms with van der Waals surface area (Å²) in [5.41, 5.74) is -0.0768. The molecule has 1 aromatic carbocycles. The summed E-state index contributed by atoms with van der Waals surface area (Å²) in [5.74, 6) is 0.786. The van der Waals surface area contributed by atoms with E-state index in [-0.39, 0.29) is 19.1 Å². The minimum atomic E-state index is -1.16. The van der Waals surface area contributed by atoms with Gasteiger partial charge >= 0.3 is 6.03 Å². The first-order valence-corrected chi connectivity index (χ1v) is 7.38. The maximum absolute atomic E-state index is 12.6. The van der Waals surface area contributed by atoms with Crippen LogP contribution in [0.25, 0.3) is 0 Å². The number of carbonyl (C=O) groups excluding carboxylic acids is 2. The molecule has 3 rings (SSSR count). The third-order valence-electron chi connectivity index (χ3n) is 3.86. The van der Waals surface area contributed by atoms with Gasteiger partial charge in [-0.25, -0.2) is 4.79 Å². The predicted molar refractivity (Wildman–Crippen MR) is 83.0 cm³/mol. The molecule has 0 spiro atoms. The molecule has 0 unspecified atom stereocenters. The second kappa shape index (κ2) is 5.79. The molecule has 0 bridgehead atoms. The lowest BCUT2D eigenvalue weighted by atomic mass is 9.99. The first-order chi connectivity index (χ1) is 11.0. The van der Waals surface area contributed by atoms with E-state index in [0.29, 0.717) is 11.5 Å². The number of carbonyl (C=O) groups is 2. The van der Waals surface area contributed by atoms with E-state index >= 15 is 0 Å². The first kappa shape index (κ1) is 15.1. The molecule has 1 atom stereocenters. The topological polar surface area (TPSA) is 71.8 Å². The van der Waals surface area contributed by atoms with Crippen molar-refractivity contribution in [3.8, 4) is 5.75 Å². The Hall–Kier alpha value is -2.76. The molecule has 1 aromatic heterocycles. The van der Waals surface area contributed by atoms with Crippen molar-refractivity contribution in [2.24, 2.45) is 0 Å². The second-order valence-electron chi connectivity index (χ2n) is 5.65. The Morgan fingerprint density at radius 2 is 2.09 bits per heavy atom. The lowest BCUT2D eigenvalue weighted by Gasteiger charge is -2.19. The number of aryl methyl sites for hydroxylation is 1. The van der Waals surface area contributed by atoms with Crippen LogP contribution in [-0.4, -0.2) is 30.0 Å². The van der Waals surface area contributed by atoms with Crippen LogP contribution in [-0.2, 0) is 10.3 Å². The van der Waals surface area contributed by atoms with E-state index in [9.17, 15) is 9.59 Å². The zero-order chi connectivity index (χ0) is 16.4. The highest BCUT2D eigenvalue weighted by Crippen LogP contribution is 2.28. The molecule has 0 aliphatic carbocycles. The highest BCUT2D eigenvalue weighted by Gasteiger charge is 2.50. The molecule has 1 fully saturated rings. The third kappa shape index (κ3) is 2.79. The molecule has 1 aliphatic rings. The van der Waals surface area contributed by atoms with Crippen LogP contribution in [0.15, 0.2) is 47.1 Å². The average molecular weight is 314 g/mol. The van der Waals surface area contributed by atoms with Crippen LogP contribution in [0.5, 0.6) is 5.75 Å². The SMILES string of the molecule is Cc1cccc(OCCN2C(=O)N[C@](C)(c3ccco3)C2=O)c1. The minimum Gasteiger partial charge on any atom is -0.492 e. The lowest BCUT2D eigenvalue weighted by Crippen LogP contribution is -2.41. The van der Waals surface area contributed by atoms with Gasteiger partial charge in [0.15, 0.2) is 5.54 Å². The van der Waals surface area contributed by atoms with E-state index in [0.717, 1.165) is 10.5 Å². The molecular weight excluding hydrogens is 296 g/mol. The van der Waals surface area contributed by atoms with Crippen LogP contribution < -0.4 is 10.1 Å². The fourth-order valence-electron chi connectivity index (χ4n) is 2.59. The molecule has 1 saturated heterocycles. The van der Waals surface area contributed by atoms with Gasteiger partial charge in [0.1, 0.15) is 18.1 Å². The summed E-state index contributed by atoms with van der Waals surface area (Å²) in [4.78, 5) is 25.8. The zero-order valence-electron chi connectivity index (χ0n) is 13.0. The van der Waals surface area contributed by atoms with E-state index in [1.165, 1.54) is 6.26 Å². The zero-order valence-corrected chi connectivity index (χ0v) is 13.0. The summed E-state index contributed by atoms with van der Waals surface area (Å²) in [6.07, 6.45) is 1.48. The van der Waals surface area contributed by atoms with E-state index in [1.807, 2.05) is 31.2 Å². The summed E-state index contributed by atoms with van der Waals surface area (Å²) in [6.45, 7) is 4.01. The lowest BCUT2D eigenvalue weighted by molar-refractivity contribution is -0.131. The summed E-state index contributed by atoms with van der Waals surface area (Å²) >= 11 is 0. The van der Waals surface area contributed by atoms with Crippen molar-refractivity contribution >= 4 is 11.9 Å². The fourth-order valence-corrected chi connectivity index (χ4v) is 2.59. The molecule has 120 valence electrons. The van der Waals surface area contributed by atoms with Gasteiger partial charge in [-0.15, -0.1) is 0 Å². The van der Waals surface area contributed by atoms with Crippen LogP contribution in [0, 0.1) is 6.92 Å². The Balaban J connectivity index is 1.65. The van der Waals surface area contributed by atoms with Gasteiger partial charge in [-0.3, -0.25) is 9.69 Å². The number of ether oxygens (including phenoxy) is 1. The Bertz CT molecular complexity index is 726. The number of furan rings is 1. The molecule has 2 aromatic rings. The Kier molecular flexibility index (Phi) is 3.82. The minimum absolute atomic E-state index is 0.176. The van der Waals surface area contributed by atoms with E-state index in [1.54, 1.807) is 19.1 Å². The third-order valence-corrected chi connectivity index (χ3v) is 3.86. The van der Waals surface area contributed by atoms with E-state index in [4.69, 9.17) is 9.15 Å². The number of nitrogens with zero attached hydrogens (tertiary/aromatic N) is 1. The smallest absolute Gasteiger partial charge is 0.325 e. The Morgan fingerprint density at radius 3 is 2.78 bits per heavy atom. The molecule has 23 heavy (non-hydrogen) atoms. The molecule has 0 radical (unpaired) electrons. The predicted octanol–water partition coefficient (Wildman–Crippen LogP) is 2.43.